The molecule has 1 aliphatic carbocycles. The van der Waals surface area contributed by atoms with E-state index in [1.54, 1.807) is 6.07 Å². The normalized spacial score (nSPS) is 19.0. The van der Waals surface area contributed by atoms with Gasteiger partial charge in [0.25, 0.3) is 0 Å². The molecule has 0 saturated carbocycles. The lowest BCUT2D eigenvalue weighted by Gasteiger charge is -2.08. The van der Waals surface area contributed by atoms with E-state index in [-0.39, 0.29) is 5.91 Å². The molecule has 0 bridgehead atoms. The minimum absolute atomic E-state index is 0.344. The van der Waals surface area contributed by atoms with Crippen LogP contribution in [0.2, 0.25) is 0 Å². The van der Waals surface area contributed by atoms with Crippen molar-refractivity contribution in [3.63, 3.8) is 0 Å². The topological polar surface area (TPSA) is 43.1 Å². The molecule has 72 valence electrons. The van der Waals surface area contributed by atoms with Crippen LogP contribution in [0.15, 0.2) is 24.3 Å². The average molecular weight is 187 g/mol. The summed E-state index contributed by atoms with van der Waals surface area (Å²) in [7, 11) is 0. The predicted octanol–water partition coefficient (Wildman–Crippen LogP) is 2.31. The number of carbonyl (C=O) groups excluding carboxylic acids is 1. The van der Waals surface area contributed by atoms with E-state index in [2.05, 4.69) is 19.1 Å². The van der Waals surface area contributed by atoms with Gasteiger partial charge < -0.3 is 5.73 Å². The standard InChI is InChI=1S/C12H13NO/c1-7-6-8(2)11-9(7)4-3-5-10(11)12(13)14/h3-7H,1-2H3,(H2,13,14). The lowest BCUT2D eigenvalue weighted by atomic mass is 9.96. The van der Waals surface area contributed by atoms with Gasteiger partial charge in [-0.05, 0) is 29.7 Å². The van der Waals surface area contributed by atoms with Crippen LogP contribution in [0.4, 0.5) is 0 Å². The van der Waals surface area contributed by atoms with Gasteiger partial charge in [-0.25, -0.2) is 0 Å². The van der Waals surface area contributed by atoms with Gasteiger partial charge in [-0.2, -0.15) is 0 Å². The van der Waals surface area contributed by atoms with Crippen molar-refractivity contribution in [2.24, 2.45) is 5.73 Å². The predicted molar refractivity (Wildman–Crippen MR) is 57.0 cm³/mol. The summed E-state index contributed by atoms with van der Waals surface area (Å²) in [6, 6.07) is 5.73. The Labute approximate surface area is 83.4 Å². The lowest BCUT2D eigenvalue weighted by Crippen LogP contribution is -2.13. The smallest absolute Gasteiger partial charge is 0.249 e. The van der Waals surface area contributed by atoms with Gasteiger partial charge in [0.15, 0.2) is 0 Å². The highest BCUT2D eigenvalue weighted by atomic mass is 16.1. The van der Waals surface area contributed by atoms with Crippen molar-refractivity contribution in [1.29, 1.82) is 0 Å². The fourth-order valence-corrected chi connectivity index (χ4v) is 2.14. The molecule has 0 aliphatic heterocycles. The van der Waals surface area contributed by atoms with Crippen molar-refractivity contribution in [2.75, 3.05) is 0 Å². The molecule has 1 atom stereocenters. The number of hydrogen-bond acceptors (Lipinski definition) is 1. The van der Waals surface area contributed by atoms with Crippen LogP contribution in [0.25, 0.3) is 5.57 Å². The zero-order valence-electron chi connectivity index (χ0n) is 8.37. The van der Waals surface area contributed by atoms with Crippen LogP contribution < -0.4 is 5.73 Å². The Bertz CT molecular complexity index is 432. The zero-order valence-corrected chi connectivity index (χ0v) is 8.37. The minimum Gasteiger partial charge on any atom is -0.366 e. The number of nitrogens with two attached hydrogens (primary N) is 1. The molecule has 1 aliphatic rings. The minimum atomic E-state index is -0.344. The summed E-state index contributed by atoms with van der Waals surface area (Å²) in [5.41, 5.74) is 9.36. The molecule has 0 spiro atoms. The number of amides is 1. The molecule has 1 aromatic carbocycles. The monoisotopic (exact) mass is 187 g/mol. The first-order valence-electron chi connectivity index (χ1n) is 4.72. The second-order valence-corrected chi connectivity index (χ2v) is 3.77. The van der Waals surface area contributed by atoms with Gasteiger partial charge in [0.05, 0.1) is 0 Å². The molecule has 14 heavy (non-hydrogen) atoms. The molecule has 1 amide bonds. The quantitative estimate of drug-likeness (QED) is 0.720. The summed E-state index contributed by atoms with van der Waals surface area (Å²) in [6.07, 6.45) is 2.16. The Morgan fingerprint density at radius 2 is 2.14 bits per heavy atom. The molecule has 0 heterocycles. The van der Waals surface area contributed by atoms with Gasteiger partial charge in [-0.3, -0.25) is 4.79 Å². The number of allylic oxidation sites excluding steroid dienone is 2. The second-order valence-electron chi connectivity index (χ2n) is 3.77. The van der Waals surface area contributed by atoms with E-state index in [1.165, 1.54) is 5.56 Å². The van der Waals surface area contributed by atoms with E-state index in [0.717, 1.165) is 11.1 Å². The SMILES string of the molecule is CC1=CC(C)c2cccc(C(N)=O)c21. The number of rotatable bonds is 1. The van der Waals surface area contributed by atoms with E-state index in [4.69, 9.17) is 5.73 Å². The number of benzene rings is 1. The van der Waals surface area contributed by atoms with Gasteiger partial charge in [0.1, 0.15) is 0 Å². The summed E-state index contributed by atoms with van der Waals surface area (Å²) in [5, 5.41) is 0. The van der Waals surface area contributed by atoms with Crippen molar-refractivity contribution in [3.8, 4) is 0 Å². The molecule has 0 radical (unpaired) electrons. The van der Waals surface area contributed by atoms with Crippen molar-refractivity contribution < 1.29 is 4.79 Å². The molecule has 2 heteroatoms. The first-order chi connectivity index (χ1) is 6.61. The van der Waals surface area contributed by atoms with Crippen molar-refractivity contribution >= 4 is 11.5 Å². The van der Waals surface area contributed by atoms with E-state index in [1.807, 2.05) is 13.0 Å². The molecular formula is C12H13NO. The lowest BCUT2D eigenvalue weighted by molar-refractivity contribution is 0.1000. The Balaban J connectivity index is 2.69. The molecule has 1 unspecified atom stereocenters. The Kier molecular flexibility index (Phi) is 1.92. The number of hydrogen-bond donors (Lipinski definition) is 1. The molecule has 1 aromatic rings. The summed E-state index contributed by atoms with van der Waals surface area (Å²) in [6.45, 7) is 4.15. The third-order valence-corrected chi connectivity index (χ3v) is 2.75. The molecule has 2 N–H and O–H groups in total. The van der Waals surface area contributed by atoms with Crippen LogP contribution in [0.3, 0.4) is 0 Å². The molecule has 2 rings (SSSR count). The summed E-state index contributed by atoms with van der Waals surface area (Å²) in [5.74, 6) is 0.0491. The van der Waals surface area contributed by atoms with E-state index >= 15 is 0 Å². The van der Waals surface area contributed by atoms with Crippen LogP contribution in [0.5, 0.6) is 0 Å². The highest BCUT2D eigenvalue weighted by Gasteiger charge is 2.21. The molecule has 2 nitrogen and oxygen atoms in total. The average Bonchev–Trinajstić information content (AvgIpc) is 2.43. The maximum Gasteiger partial charge on any atom is 0.249 e. The summed E-state index contributed by atoms with van der Waals surface area (Å²) >= 11 is 0. The highest BCUT2D eigenvalue weighted by molar-refractivity contribution is 5.99. The van der Waals surface area contributed by atoms with Crippen LogP contribution in [0.1, 0.15) is 41.3 Å². The van der Waals surface area contributed by atoms with Crippen molar-refractivity contribution in [2.45, 2.75) is 19.8 Å². The van der Waals surface area contributed by atoms with E-state index in [9.17, 15) is 4.79 Å². The summed E-state index contributed by atoms with van der Waals surface area (Å²) in [4.78, 5) is 11.2. The van der Waals surface area contributed by atoms with E-state index in [0.29, 0.717) is 11.5 Å². The Hall–Kier alpha value is -1.57. The fourth-order valence-electron chi connectivity index (χ4n) is 2.14. The maximum absolute atomic E-state index is 11.2. The van der Waals surface area contributed by atoms with Crippen molar-refractivity contribution in [1.82, 2.24) is 0 Å². The Morgan fingerprint density at radius 3 is 2.79 bits per heavy atom. The zero-order chi connectivity index (χ0) is 10.3. The van der Waals surface area contributed by atoms with Crippen LogP contribution in [-0.4, -0.2) is 5.91 Å². The molecular weight excluding hydrogens is 174 g/mol. The molecule has 0 saturated heterocycles. The first kappa shape index (κ1) is 9.00. The summed E-state index contributed by atoms with van der Waals surface area (Å²) < 4.78 is 0. The van der Waals surface area contributed by atoms with Crippen LogP contribution in [0, 0.1) is 0 Å². The third-order valence-electron chi connectivity index (χ3n) is 2.75. The van der Waals surface area contributed by atoms with Crippen LogP contribution in [-0.2, 0) is 0 Å². The highest BCUT2D eigenvalue weighted by Crippen LogP contribution is 2.37. The van der Waals surface area contributed by atoms with Crippen molar-refractivity contribution in [3.05, 3.63) is 41.0 Å². The fraction of sp³-hybridized carbons (Fsp3) is 0.250. The van der Waals surface area contributed by atoms with Gasteiger partial charge in [-0.15, -0.1) is 0 Å². The van der Waals surface area contributed by atoms with Crippen LogP contribution >= 0.6 is 0 Å². The number of carbonyl (C=O) groups is 1. The van der Waals surface area contributed by atoms with Gasteiger partial charge in [0.2, 0.25) is 5.91 Å². The third kappa shape index (κ3) is 1.15. The second kappa shape index (κ2) is 2.98. The first-order valence-corrected chi connectivity index (χ1v) is 4.72. The Morgan fingerprint density at radius 1 is 1.43 bits per heavy atom. The van der Waals surface area contributed by atoms with E-state index < -0.39 is 0 Å². The maximum atomic E-state index is 11.2. The number of fused-ring (bicyclic) bond motifs is 1. The molecule has 0 fully saturated rings. The van der Waals surface area contributed by atoms with Gasteiger partial charge in [0, 0.05) is 11.5 Å². The van der Waals surface area contributed by atoms with Gasteiger partial charge >= 0.3 is 0 Å². The number of primary amides is 1. The largest absolute Gasteiger partial charge is 0.366 e. The molecule has 0 aromatic heterocycles. The van der Waals surface area contributed by atoms with Gasteiger partial charge in [-0.1, -0.05) is 25.1 Å².